The Hall–Kier alpha value is -2.82. The average molecular weight is 326 g/mol. The van der Waals surface area contributed by atoms with Crippen molar-refractivity contribution < 1.29 is 14.3 Å². The second-order valence-corrected chi connectivity index (χ2v) is 5.68. The van der Waals surface area contributed by atoms with Crippen molar-refractivity contribution in [3.63, 3.8) is 0 Å². The average Bonchev–Trinajstić information content (AvgIpc) is 2.55. The first-order chi connectivity index (χ1) is 11.5. The Morgan fingerprint density at radius 3 is 2.46 bits per heavy atom. The van der Waals surface area contributed by atoms with E-state index in [0.717, 1.165) is 16.9 Å². The van der Waals surface area contributed by atoms with Crippen LogP contribution in [0.5, 0.6) is 5.75 Å². The lowest BCUT2D eigenvalue weighted by molar-refractivity contribution is -0.127. The maximum Gasteiger partial charge on any atom is 0.244 e. The van der Waals surface area contributed by atoms with Gasteiger partial charge in [0.25, 0.3) is 0 Å². The Bertz CT molecular complexity index is 714. The highest BCUT2D eigenvalue weighted by Crippen LogP contribution is 2.19. The summed E-state index contributed by atoms with van der Waals surface area (Å²) in [5.41, 5.74) is 8.23. The second kappa shape index (κ2) is 8.15. The summed E-state index contributed by atoms with van der Waals surface area (Å²) >= 11 is 0. The minimum absolute atomic E-state index is 0.143. The molecular weight excluding hydrogens is 304 g/mol. The smallest absolute Gasteiger partial charge is 0.244 e. The van der Waals surface area contributed by atoms with Gasteiger partial charge in [0.1, 0.15) is 11.8 Å². The van der Waals surface area contributed by atoms with E-state index in [1.165, 1.54) is 0 Å². The molecule has 0 aromatic heterocycles. The van der Waals surface area contributed by atoms with Gasteiger partial charge in [-0.05, 0) is 31.0 Å². The predicted molar refractivity (Wildman–Crippen MR) is 92.5 cm³/mol. The van der Waals surface area contributed by atoms with Gasteiger partial charge in [-0.2, -0.15) is 0 Å². The molecule has 0 aliphatic heterocycles. The summed E-state index contributed by atoms with van der Waals surface area (Å²) in [6.45, 7) is 4.20. The molecule has 2 aromatic carbocycles. The van der Waals surface area contributed by atoms with Crippen LogP contribution in [0.1, 0.15) is 29.2 Å². The third kappa shape index (κ3) is 4.84. The quantitative estimate of drug-likeness (QED) is 0.820. The van der Waals surface area contributed by atoms with Crippen LogP contribution in [0.3, 0.4) is 0 Å². The Balaban J connectivity index is 1.89. The number of aryl methyl sites for hydroxylation is 2. The van der Waals surface area contributed by atoms with Crippen LogP contribution in [0.2, 0.25) is 0 Å². The van der Waals surface area contributed by atoms with Crippen LogP contribution >= 0.6 is 0 Å². The molecule has 2 rings (SSSR count). The SMILES string of the molecule is Cc1ccc(OCCC(=O)NC(C(N)=O)c2ccccc2)c(C)c1. The van der Waals surface area contributed by atoms with Crippen LogP contribution in [0.25, 0.3) is 0 Å². The minimum atomic E-state index is -0.834. The van der Waals surface area contributed by atoms with E-state index < -0.39 is 11.9 Å². The summed E-state index contributed by atoms with van der Waals surface area (Å²) in [5.74, 6) is -0.125. The van der Waals surface area contributed by atoms with Gasteiger partial charge in [0.2, 0.25) is 11.8 Å². The van der Waals surface area contributed by atoms with E-state index >= 15 is 0 Å². The van der Waals surface area contributed by atoms with Gasteiger partial charge in [-0.25, -0.2) is 0 Å². The number of nitrogens with two attached hydrogens (primary N) is 1. The van der Waals surface area contributed by atoms with Crippen LogP contribution in [0.15, 0.2) is 48.5 Å². The van der Waals surface area contributed by atoms with Crippen molar-refractivity contribution >= 4 is 11.8 Å². The van der Waals surface area contributed by atoms with Crippen molar-refractivity contribution in [2.75, 3.05) is 6.61 Å². The molecule has 1 atom stereocenters. The van der Waals surface area contributed by atoms with Gasteiger partial charge in [0.05, 0.1) is 13.0 Å². The lowest BCUT2D eigenvalue weighted by Gasteiger charge is -2.16. The first-order valence-corrected chi connectivity index (χ1v) is 7.81. The number of carbonyl (C=O) groups excluding carboxylic acids is 2. The van der Waals surface area contributed by atoms with E-state index in [0.29, 0.717) is 5.56 Å². The molecule has 0 spiro atoms. The monoisotopic (exact) mass is 326 g/mol. The molecule has 2 amide bonds. The number of nitrogens with one attached hydrogen (secondary N) is 1. The number of benzene rings is 2. The van der Waals surface area contributed by atoms with Crippen molar-refractivity contribution in [3.8, 4) is 5.75 Å². The second-order valence-electron chi connectivity index (χ2n) is 5.68. The fourth-order valence-electron chi connectivity index (χ4n) is 2.41. The van der Waals surface area contributed by atoms with Crippen molar-refractivity contribution in [1.29, 1.82) is 0 Å². The number of rotatable bonds is 7. The van der Waals surface area contributed by atoms with Crippen molar-refractivity contribution in [2.45, 2.75) is 26.3 Å². The highest BCUT2D eigenvalue weighted by Gasteiger charge is 2.19. The summed E-state index contributed by atoms with van der Waals surface area (Å²) in [4.78, 5) is 23.6. The highest BCUT2D eigenvalue weighted by atomic mass is 16.5. The molecule has 24 heavy (non-hydrogen) atoms. The van der Waals surface area contributed by atoms with Crippen molar-refractivity contribution in [1.82, 2.24) is 5.32 Å². The molecule has 0 radical (unpaired) electrons. The molecule has 0 fully saturated rings. The predicted octanol–water partition coefficient (Wildman–Crippen LogP) is 2.42. The zero-order chi connectivity index (χ0) is 17.5. The Morgan fingerprint density at radius 1 is 1.12 bits per heavy atom. The topological polar surface area (TPSA) is 81.4 Å². The third-order valence-electron chi connectivity index (χ3n) is 3.64. The molecule has 0 bridgehead atoms. The van der Waals surface area contributed by atoms with Crippen LogP contribution < -0.4 is 15.8 Å². The maximum atomic E-state index is 12.1. The summed E-state index contributed by atoms with van der Waals surface area (Å²) < 4.78 is 5.63. The molecule has 0 aliphatic carbocycles. The van der Waals surface area contributed by atoms with Gasteiger partial charge in [-0.3, -0.25) is 9.59 Å². The van der Waals surface area contributed by atoms with E-state index in [2.05, 4.69) is 5.32 Å². The summed E-state index contributed by atoms with van der Waals surface area (Å²) in [5, 5.41) is 2.65. The normalized spacial score (nSPS) is 11.6. The molecule has 0 saturated heterocycles. The molecule has 2 aromatic rings. The highest BCUT2D eigenvalue weighted by molar-refractivity contribution is 5.87. The number of ether oxygens (including phenoxy) is 1. The summed E-state index contributed by atoms with van der Waals surface area (Å²) in [7, 11) is 0. The maximum absolute atomic E-state index is 12.1. The number of hydrogen-bond donors (Lipinski definition) is 2. The van der Waals surface area contributed by atoms with E-state index in [1.54, 1.807) is 24.3 Å². The molecule has 5 heteroatoms. The van der Waals surface area contributed by atoms with E-state index in [9.17, 15) is 9.59 Å². The van der Waals surface area contributed by atoms with Crippen LogP contribution in [0, 0.1) is 13.8 Å². The first-order valence-electron chi connectivity index (χ1n) is 7.81. The molecule has 5 nitrogen and oxygen atoms in total. The van der Waals surface area contributed by atoms with Gasteiger partial charge in [0.15, 0.2) is 0 Å². The Kier molecular flexibility index (Phi) is 5.95. The number of primary amides is 1. The lowest BCUT2D eigenvalue weighted by Crippen LogP contribution is -2.37. The molecule has 1 unspecified atom stereocenters. The molecule has 0 heterocycles. The molecule has 3 N–H and O–H groups in total. The molecule has 0 saturated carbocycles. The number of amides is 2. The van der Waals surface area contributed by atoms with Gasteiger partial charge in [0, 0.05) is 0 Å². The van der Waals surface area contributed by atoms with E-state index in [4.69, 9.17) is 10.5 Å². The first kappa shape index (κ1) is 17.5. The van der Waals surface area contributed by atoms with Gasteiger partial charge >= 0.3 is 0 Å². The summed E-state index contributed by atoms with van der Waals surface area (Å²) in [6, 6.07) is 14.0. The van der Waals surface area contributed by atoms with Crippen molar-refractivity contribution in [2.24, 2.45) is 5.73 Å². The largest absolute Gasteiger partial charge is 0.493 e. The van der Waals surface area contributed by atoms with Crippen LogP contribution in [0.4, 0.5) is 0 Å². The Morgan fingerprint density at radius 2 is 1.83 bits per heavy atom. The van der Waals surface area contributed by atoms with E-state index in [1.807, 2.05) is 38.1 Å². The molecule has 126 valence electrons. The third-order valence-corrected chi connectivity index (χ3v) is 3.64. The fourth-order valence-corrected chi connectivity index (χ4v) is 2.41. The number of carbonyl (C=O) groups is 2. The minimum Gasteiger partial charge on any atom is -0.493 e. The zero-order valence-corrected chi connectivity index (χ0v) is 13.9. The summed E-state index contributed by atoms with van der Waals surface area (Å²) in [6.07, 6.45) is 0.143. The van der Waals surface area contributed by atoms with Crippen LogP contribution in [-0.2, 0) is 9.59 Å². The van der Waals surface area contributed by atoms with Crippen LogP contribution in [-0.4, -0.2) is 18.4 Å². The lowest BCUT2D eigenvalue weighted by atomic mass is 10.1. The zero-order valence-electron chi connectivity index (χ0n) is 13.9. The number of hydrogen-bond acceptors (Lipinski definition) is 3. The van der Waals surface area contributed by atoms with E-state index in [-0.39, 0.29) is 18.9 Å². The Labute approximate surface area is 141 Å². The molecular formula is C19H22N2O3. The van der Waals surface area contributed by atoms with Crippen molar-refractivity contribution in [3.05, 3.63) is 65.2 Å². The van der Waals surface area contributed by atoms with Gasteiger partial charge in [-0.1, -0.05) is 48.0 Å². The fraction of sp³-hybridized carbons (Fsp3) is 0.263. The van der Waals surface area contributed by atoms with Gasteiger partial charge < -0.3 is 15.8 Å². The van der Waals surface area contributed by atoms with Gasteiger partial charge in [-0.15, -0.1) is 0 Å². The standard InChI is InChI=1S/C19H22N2O3/c1-13-8-9-16(14(2)12-13)24-11-10-17(22)21-18(19(20)23)15-6-4-3-5-7-15/h3-9,12,18H,10-11H2,1-2H3,(H2,20,23)(H,21,22). The molecule has 0 aliphatic rings.